The fourth-order valence-electron chi connectivity index (χ4n) is 1.90. The highest BCUT2D eigenvalue weighted by atomic mass is 35.5. The SMILES string of the molecule is [O-]c1on[n+](-c2ccc(Cl)cc2)c1/C=C/c1ccccc1. The molecule has 0 unspecified atom stereocenters. The van der Waals surface area contributed by atoms with Gasteiger partial charge in [0.2, 0.25) is 5.69 Å². The van der Waals surface area contributed by atoms with Gasteiger partial charge in [0, 0.05) is 23.2 Å². The first kappa shape index (κ1) is 13.4. The smallest absolute Gasteiger partial charge is 0.263 e. The summed E-state index contributed by atoms with van der Waals surface area (Å²) < 4.78 is 6.18. The standard InChI is InChI=1S/C16H11ClN2O2/c17-13-7-9-14(10-8-13)19-15(16(20)21-18-19)11-6-12-4-2-1-3-5-12/h1-11H/b11-6+. The second-order valence-electron chi connectivity index (χ2n) is 4.38. The van der Waals surface area contributed by atoms with Crippen LogP contribution < -0.4 is 9.79 Å². The van der Waals surface area contributed by atoms with Crippen molar-refractivity contribution in [1.29, 1.82) is 0 Å². The molecule has 0 spiro atoms. The van der Waals surface area contributed by atoms with Crippen LogP contribution in [0, 0.1) is 0 Å². The van der Waals surface area contributed by atoms with Gasteiger partial charge in [-0.2, -0.15) is 0 Å². The fraction of sp³-hybridized carbons (Fsp3) is 0. The maximum atomic E-state index is 11.8. The predicted octanol–water partition coefficient (Wildman–Crippen LogP) is 2.85. The summed E-state index contributed by atoms with van der Waals surface area (Å²) in [4.78, 5) is 0. The van der Waals surface area contributed by atoms with Gasteiger partial charge in [0.15, 0.2) is 5.95 Å². The van der Waals surface area contributed by atoms with E-state index in [1.54, 1.807) is 30.3 Å². The highest BCUT2D eigenvalue weighted by Crippen LogP contribution is 2.15. The van der Waals surface area contributed by atoms with Crippen LogP contribution in [0.1, 0.15) is 11.3 Å². The molecule has 2 aromatic carbocycles. The molecule has 104 valence electrons. The third-order valence-electron chi connectivity index (χ3n) is 2.95. The van der Waals surface area contributed by atoms with Crippen LogP contribution in [0.25, 0.3) is 17.8 Å². The Hall–Kier alpha value is -2.59. The summed E-state index contributed by atoms with van der Waals surface area (Å²) in [5.41, 5.74) is 2.04. The van der Waals surface area contributed by atoms with Gasteiger partial charge >= 0.3 is 0 Å². The molecule has 21 heavy (non-hydrogen) atoms. The second-order valence-corrected chi connectivity index (χ2v) is 4.81. The van der Waals surface area contributed by atoms with E-state index in [2.05, 4.69) is 5.27 Å². The van der Waals surface area contributed by atoms with E-state index in [-0.39, 0.29) is 0 Å². The molecule has 5 heteroatoms. The monoisotopic (exact) mass is 298 g/mol. The summed E-state index contributed by atoms with van der Waals surface area (Å²) in [5, 5.41) is 16.2. The minimum Gasteiger partial charge on any atom is -0.539 e. The summed E-state index contributed by atoms with van der Waals surface area (Å²) in [6.45, 7) is 0. The molecular weight excluding hydrogens is 288 g/mol. The maximum absolute atomic E-state index is 11.8. The quantitative estimate of drug-likeness (QED) is 0.699. The van der Waals surface area contributed by atoms with Gasteiger partial charge in [-0.05, 0) is 28.5 Å². The number of hydrogen-bond acceptors (Lipinski definition) is 3. The lowest BCUT2D eigenvalue weighted by Gasteiger charge is -1.94. The van der Waals surface area contributed by atoms with E-state index in [4.69, 9.17) is 16.1 Å². The molecule has 0 amide bonds. The van der Waals surface area contributed by atoms with Gasteiger partial charge in [-0.1, -0.05) is 41.9 Å². The Kier molecular flexibility index (Phi) is 3.71. The molecule has 0 aliphatic rings. The van der Waals surface area contributed by atoms with E-state index in [0.29, 0.717) is 16.4 Å². The van der Waals surface area contributed by atoms with Crippen molar-refractivity contribution in [2.75, 3.05) is 0 Å². The van der Waals surface area contributed by atoms with E-state index < -0.39 is 5.95 Å². The molecule has 4 nitrogen and oxygen atoms in total. The van der Waals surface area contributed by atoms with Crippen LogP contribution in [-0.4, -0.2) is 5.27 Å². The van der Waals surface area contributed by atoms with Crippen LogP contribution in [-0.2, 0) is 0 Å². The van der Waals surface area contributed by atoms with Crippen LogP contribution >= 0.6 is 11.6 Å². The first-order chi connectivity index (χ1) is 10.2. The van der Waals surface area contributed by atoms with Gasteiger partial charge in [0.1, 0.15) is 0 Å². The summed E-state index contributed by atoms with van der Waals surface area (Å²) in [5.74, 6) is -0.489. The molecule has 0 aliphatic heterocycles. The average molecular weight is 299 g/mol. The van der Waals surface area contributed by atoms with E-state index in [0.717, 1.165) is 5.56 Å². The Morgan fingerprint density at radius 1 is 1.00 bits per heavy atom. The highest BCUT2D eigenvalue weighted by molar-refractivity contribution is 6.30. The molecule has 1 heterocycles. The highest BCUT2D eigenvalue weighted by Gasteiger charge is 2.17. The Morgan fingerprint density at radius 2 is 1.71 bits per heavy atom. The molecule has 0 N–H and O–H groups in total. The van der Waals surface area contributed by atoms with E-state index >= 15 is 0 Å². The number of benzene rings is 2. The van der Waals surface area contributed by atoms with Gasteiger partial charge in [-0.15, -0.1) is 0 Å². The van der Waals surface area contributed by atoms with Crippen LogP contribution in [0.4, 0.5) is 0 Å². The van der Waals surface area contributed by atoms with Gasteiger partial charge in [0.05, 0.1) is 5.27 Å². The van der Waals surface area contributed by atoms with Gasteiger partial charge in [0.25, 0.3) is 5.69 Å². The molecule has 1 aromatic heterocycles. The third kappa shape index (κ3) is 2.95. The van der Waals surface area contributed by atoms with Crippen molar-refractivity contribution in [3.05, 3.63) is 70.9 Å². The molecule has 0 bridgehead atoms. The third-order valence-corrected chi connectivity index (χ3v) is 3.20. The van der Waals surface area contributed by atoms with E-state index in [1.165, 1.54) is 4.68 Å². The number of halogens is 1. The zero-order valence-electron chi connectivity index (χ0n) is 10.9. The van der Waals surface area contributed by atoms with E-state index in [9.17, 15) is 5.11 Å². The lowest BCUT2D eigenvalue weighted by atomic mass is 10.2. The molecule has 0 saturated carbocycles. The lowest BCUT2D eigenvalue weighted by molar-refractivity contribution is -0.672. The summed E-state index contributed by atoms with van der Waals surface area (Å²) in [6.07, 6.45) is 3.52. The lowest BCUT2D eigenvalue weighted by Crippen LogP contribution is -2.35. The number of hydrogen-bond donors (Lipinski definition) is 0. The maximum Gasteiger partial charge on any atom is 0.263 e. The number of aromatic nitrogens is 2. The normalized spacial score (nSPS) is 11.1. The van der Waals surface area contributed by atoms with E-state index in [1.807, 2.05) is 36.4 Å². The van der Waals surface area contributed by atoms with Crippen molar-refractivity contribution in [3.8, 4) is 11.6 Å². The average Bonchev–Trinajstić information content (AvgIpc) is 2.88. The van der Waals surface area contributed by atoms with Gasteiger partial charge in [-0.25, -0.2) is 0 Å². The van der Waals surface area contributed by atoms with Crippen LogP contribution in [0.15, 0.2) is 59.1 Å². The molecule has 0 radical (unpaired) electrons. The topological polar surface area (TPSA) is 53.0 Å². The zero-order chi connectivity index (χ0) is 14.7. The van der Waals surface area contributed by atoms with Crippen LogP contribution in [0.2, 0.25) is 5.02 Å². The molecule has 0 fully saturated rings. The van der Waals surface area contributed by atoms with Crippen molar-refractivity contribution < 1.29 is 14.3 Å². The Bertz CT molecular complexity index is 765. The van der Waals surface area contributed by atoms with Crippen molar-refractivity contribution >= 4 is 23.8 Å². The zero-order valence-corrected chi connectivity index (χ0v) is 11.7. The second kappa shape index (κ2) is 5.81. The molecule has 0 saturated heterocycles. The minimum absolute atomic E-state index is 0.348. The molecule has 3 aromatic rings. The first-order valence-electron chi connectivity index (χ1n) is 6.32. The van der Waals surface area contributed by atoms with Crippen molar-refractivity contribution in [2.45, 2.75) is 0 Å². The number of nitrogens with zero attached hydrogens (tertiary/aromatic N) is 2. The van der Waals surface area contributed by atoms with Crippen molar-refractivity contribution in [2.24, 2.45) is 0 Å². The van der Waals surface area contributed by atoms with Crippen LogP contribution in [0.3, 0.4) is 0 Å². The molecule has 0 aliphatic carbocycles. The van der Waals surface area contributed by atoms with Crippen molar-refractivity contribution in [1.82, 2.24) is 5.27 Å². The molecular formula is C16H11ClN2O2. The summed E-state index contributed by atoms with van der Waals surface area (Å²) in [6, 6.07) is 16.7. The van der Waals surface area contributed by atoms with Gasteiger partial charge < -0.3 is 9.63 Å². The largest absolute Gasteiger partial charge is 0.539 e. The predicted molar refractivity (Wildman–Crippen MR) is 77.9 cm³/mol. The Labute approximate surface area is 126 Å². The Morgan fingerprint density at radius 3 is 2.43 bits per heavy atom. The van der Waals surface area contributed by atoms with Gasteiger partial charge in [-0.3, -0.25) is 0 Å². The van der Waals surface area contributed by atoms with Crippen LogP contribution in [0.5, 0.6) is 5.95 Å². The number of rotatable bonds is 3. The summed E-state index contributed by atoms with van der Waals surface area (Å²) >= 11 is 5.86. The minimum atomic E-state index is -0.489. The molecule has 3 rings (SSSR count). The fourth-order valence-corrected chi connectivity index (χ4v) is 2.03. The molecule has 0 atom stereocenters. The Balaban J connectivity index is 1.98. The summed E-state index contributed by atoms with van der Waals surface area (Å²) in [7, 11) is 0. The first-order valence-corrected chi connectivity index (χ1v) is 6.70. The van der Waals surface area contributed by atoms with Crippen molar-refractivity contribution in [3.63, 3.8) is 0 Å².